The van der Waals surface area contributed by atoms with Crippen LogP contribution in [-0.4, -0.2) is 40.3 Å². The molecule has 1 aromatic heterocycles. The van der Waals surface area contributed by atoms with Crippen LogP contribution in [0.5, 0.6) is 5.19 Å². The van der Waals surface area contributed by atoms with Gasteiger partial charge in [-0.2, -0.15) is 4.98 Å². The summed E-state index contributed by atoms with van der Waals surface area (Å²) in [5.41, 5.74) is 0.190. The molecule has 0 aromatic carbocycles. The predicted molar refractivity (Wildman–Crippen MR) is 52.7 cm³/mol. The van der Waals surface area contributed by atoms with E-state index in [1.54, 1.807) is 0 Å². The normalized spacial score (nSPS) is 9.67. The Balaban J connectivity index is 2.58. The molecule has 0 bridgehead atoms. The summed E-state index contributed by atoms with van der Waals surface area (Å²) in [7, 11) is 0. The van der Waals surface area contributed by atoms with Gasteiger partial charge in [0, 0.05) is 5.38 Å². The van der Waals surface area contributed by atoms with Gasteiger partial charge in [-0.3, -0.25) is 10.7 Å². The quantitative estimate of drug-likeness (QED) is 0.433. The average Bonchev–Trinajstić information content (AvgIpc) is 2.62. The average molecular weight is 231 g/mol. The number of ether oxygens (including phenoxy) is 1. The van der Waals surface area contributed by atoms with Gasteiger partial charge < -0.3 is 14.9 Å². The first-order valence-electron chi connectivity index (χ1n) is 3.91. The van der Waals surface area contributed by atoms with E-state index in [9.17, 15) is 4.79 Å². The van der Waals surface area contributed by atoms with E-state index in [2.05, 4.69) is 4.98 Å². The largest absolute Gasteiger partial charge is 0.468 e. The molecule has 0 aliphatic carbocycles. The van der Waals surface area contributed by atoms with Gasteiger partial charge in [0.15, 0.2) is 5.84 Å². The van der Waals surface area contributed by atoms with Crippen LogP contribution in [0.4, 0.5) is 4.79 Å². The standard InChI is InChI=1S/C7H9N3O4S/c8-5(10-6(12)13)4-3-15-7(9-4)14-2-1-11/h3,11H,1-2H2,(H2,8,10)(H,12,13). The zero-order valence-corrected chi connectivity index (χ0v) is 8.37. The van der Waals surface area contributed by atoms with Gasteiger partial charge in [-0.05, 0) is 0 Å². The van der Waals surface area contributed by atoms with Crippen molar-refractivity contribution in [2.75, 3.05) is 13.2 Å². The van der Waals surface area contributed by atoms with E-state index in [-0.39, 0.29) is 29.9 Å². The maximum absolute atomic E-state index is 10.2. The van der Waals surface area contributed by atoms with Crippen LogP contribution in [0.25, 0.3) is 0 Å². The Bertz CT molecular complexity index is 365. The lowest BCUT2D eigenvalue weighted by atomic mass is 10.4. The van der Waals surface area contributed by atoms with Crippen molar-refractivity contribution in [3.63, 3.8) is 0 Å². The van der Waals surface area contributed by atoms with Crippen LogP contribution in [0, 0.1) is 5.41 Å². The van der Waals surface area contributed by atoms with Crippen molar-refractivity contribution in [3.05, 3.63) is 11.1 Å². The highest BCUT2D eigenvalue weighted by atomic mass is 32.1. The summed E-state index contributed by atoms with van der Waals surface area (Å²) in [6.45, 7) is -0.00756. The number of aliphatic hydroxyl groups is 1. The minimum Gasteiger partial charge on any atom is -0.468 e. The number of amides is 1. The number of nitrogens with one attached hydrogen (secondary N) is 2. The van der Waals surface area contributed by atoms with Crippen molar-refractivity contribution in [3.8, 4) is 5.19 Å². The molecule has 0 fully saturated rings. The smallest absolute Gasteiger partial charge is 0.410 e. The Morgan fingerprint density at radius 1 is 1.73 bits per heavy atom. The lowest BCUT2D eigenvalue weighted by Crippen LogP contribution is -2.28. The summed E-state index contributed by atoms with van der Waals surface area (Å²) in [5.74, 6) is -0.308. The van der Waals surface area contributed by atoms with E-state index in [1.165, 1.54) is 5.38 Å². The third-order valence-electron chi connectivity index (χ3n) is 1.29. The van der Waals surface area contributed by atoms with E-state index in [0.717, 1.165) is 11.3 Å². The topological polar surface area (TPSA) is 116 Å². The summed E-state index contributed by atoms with van der Waals surface area (Å²) in [5, 5.41) is 27.8. The molecular weight excluding hydrogens is 222 g/mol. The number of rotatable bonds is 4. The number of carboxylic acid groups (broad SMARTS) is 1. The Hall–Kier alpha value is -1.67. The molecule has 8 heteroatoms. The molecule has 0 spiro atoms. The number of carbonyl (C=O) groups is 1. The zero-order chi connectivity index (χ0) is 11.3. The number of aliphatic hydroxyl groups excluding tert-OH is 1. The lowest BCUT2D eigenvalue weighted by molar-refractivity contribution is 0.200. The second-order valence-electron chi connectivity index (χ2n) is 2.38. The van der Waals surface area contributed by atoms with Crippen LogP contribution in [0.15, 0.2) is 5.38 Å². The summed E-state index contributed by atoms with van der Waals surface area (Å²) < 4.78 is 4.98. The molecule has 0 aliphatic rings. The van der Waals surface area contributed by atoms with Crippen LogP contribution in [0.3, 0.4) is 0 Å². The second kappa shape index (κ2) is 5.27. The first kappa shape index (κ1) is 11.4. The second-order valence-corrected chi connectivity index (χ2v) is 3.20. The molecular formula is C7H9N3O4S. The number of aromatic nitrogens is 1. The Morgan fingerprint density at radius 3 is 3.07 bits per heavy atom. The molecule has 7 nitrogen and oxygen atoms in total. The SMILES string of the molecule is N=C(NC(=O)O)c1csc(OCCO)n1. The molecule has 1 amide bonds. The van der Waals surface area contributed by atoms with Crippen molar-refractivity contribution < 1.29 is 19.7 Å². The van der Waals surface area contributed by atoms with Crippen LogP contribution in [-0.2, 0) is 0 Å². The van der Waals surface area contributed by atoms with Gasteiger partial charge in [0.1, 0.15) is 12.3 Å². The van der Waals surface area contributed by atoms with Crippen molar-refractivity contribution in [1.29, 1.82) is 5.41 Å². The van der Waals surface area contributed by atoms with E-state index >= 15 is 0 Å². The molecule has 0 saturated heterocycles. The fourth-order valence-corrected chi connectivity index (χ4v) is 1.43. The van der Waals surface area contributed by atoms with E-state index < -0.39 is 6.09 Å². The molecule has 15 heavy (non-hydrogen) atoms. The maximum Gasteiger partial charge on any atom is 0.410 e. The summed E-state index contributed by atoms with van der Waals surface area (Å²) >= 11 is 1.13. The molecule has 4 N–H and O–H groups in total. The lowest BCUT2D eigenvalue weighted by Gasteiger charge is -1.98. The highest BCUT2D eigenvalue weighted by molar-refractivity contribution is 7.11. The number of amidine groups is 1. The number of hydrogen-bond donors (Lipinski definition) is 4. The predicted octanol–water partition coefficient (Wildman–Crippen LogP) is 0.107. The zero-order valence-electron chi connectivity index (χ0n) is 7.56. The highest BCUT2D eigenvalue weighted by Crippen LogP contribution is 2.17. The summed E-state index contributed by atoms with van der Waals surface area (Å²) in [6, 6.07) is 0. The van der Waals surface area contributed by atoms with Crippen LogP contribution in [0.1, 0.15) is 5.69 Å². The van der Waals surface area contributed by atoms with Crippen molar-refractivity contribution in [1.82, 2.24) is 10.3 Å². The maximum atomic E-state index is 10.2. The van der Waals surface area contributed by atoms with Gasteiger partial charge in [-0.15, -0.1) is 0 Å². The van der Waals surface area contributed by atoms with Crippen molar-refractivity contribution in [2.24, 2.45) is 0 Å². The molecule has 0 radical (unpaired) electrons. The van der Waals surface area contributed by atoms with Crippen molar-refractivity contribution in [2.45, 2.75) is 0 Å². The molecule has 1 aromatic rings. The third-order valence-corrected chi connectivity index (χ3v) is 2.04. The molecule has 82 valence electrons. The monoisotopic (exact) mass is 231 g/mol. The third kappa shape index (κ3) is 3.52. The molecule has 1 rings (SSSR count). The fraction of sp³-hybridized carbons (Fsp3) is 0.286. The Kier molecular flexibility index (Phi) is 4.01. The number of hydrogen-bond acceptors (Lipinski definition) is 6. The van der Waals surface area contributed by atoms with E-state index in [4.69, 9.17) is 20.4 Å². The highest BCUT2D eigenvalue weighted by Gasteiger charge is 2.09. The molecule has 0 saturated carbocycles. The summed E-state index contributed by atoms with van der Waals surface area (Å²) in [4.78, 5) is 14.1. The van der Waals surface area contributed by atoms with Gasteiger partial charge in [-0.25, -0.2) is 4.79 Å². The van der Waals surface area contributed by atoms with Crippen LogP contribution >= 0.6 is 11.3 Å². The van der Waals surface area contributed by atoms with E-state index in [0.29, 0.717) is 0 Å². The molecule has 0 atom stereocenters. The number of nitrogens with zero attached hydrogens (tertiary/aromatic N) is 1. The molecule has 0 unspecified atom stereocenters. The minimum absolute atomic E-state index is 0.118. The van der Waals surface area contributed by atoms with E-state index in [1.807, 2.05) is 5.32 Å². The van der Waals surface area contributed by atoms with Crippen molar-refractivity contribution >= 4 is 23.3 Å². The molecule has 1 heterocycles. The Morgan fingerprint density at radius 2 is 2.47 bits per heavy atom. The molecule has 0 aliphatic heterocycles. The first-order chi connectivity index (χ1) is 7.13. The van der Waals surface area contributed by atoms with Gasteiger partial charge in [0.05, 0.1) is 6.61 Å². The van der Waals surface area contributed by atoms with Gasteiger partial charge in [0.2, 0.25) is 0 Å². The first-order valence-corrected chi connectivity index (χ1v) is 4.79. The van der Waals surface area contributed by atoms with Gasteiger partial charge >= 0.3 is 6.09 Å². The number of thiazole rings is 1. The van der Waals surface area contributed by atoms with Crippen LogP contribution in [0.2, 0.25) is 0 Å². The fourth-order valence-electron chi connectivity index (χ4n) is 0.742. The van der Waals surface area contributed by atoms with Gasteiger partial charge in [-0.1, -0.05) is 11.3 Å². The summed E-state index contributed by atoms with van der Waals surface area (Å²) in [6.07, 6.45) is -1.31. The van der Waals surface area contributed by atoms with Crippen LogP contribution < -0.4 is 10.1 Å². The van der Waals surface area contributed by atoms with Gasteiger partial charge in [0.25, 0.3) is 5.19 Å². The Labute approximate surface area is 88.8 Å². The minimum atomic E-state index is -1.31.